The molecule has 2 aliphatic heterocycles. The smallest absolute Gasteiger partial charge is 0.146 e. The van der Waals surface area contributed by atoms with E-state index in [9.17, 15) is 5.26 Å². The van der Waals surface area contributed by atoms with Crippen LogP contribution in [0.15, 0.2) is 36.7 Å². The molecule has 0 bridgehead atoms. The molecule has 0 spiro atoms. The van der Waals surface area contributed by atoms with Crippen molar-refractivity contribution in [2.45, 2.75) is 0 Å². The van der Waals surface area contributed by atoms with Crippen LogP contribution >= 0.6 is 0 Å². The summed E-state index contributed by atoms with van der Waals surface area (Å²) in [7, 11) is 0. The number of pyridine rings is 2. The van der Waals surface area contributed by atoms with Gasteiger partial charge in [-0.3, -0.25) is 0 Å². The van der Waals surface area contributed by atoms with Crippen LogP contribution < -0.4 is 9.80 Å². The van der Waals surface area contributed by atoms with Gasteiger partial charge in [-0.25, -0.2) is 9.97 Å². The summed E-state index contributed by atoms with van der Waals surface area (Å²) in [5, 5.41) is 18.1. The number of rotatable bonds is 2. The maximum atomic E-state index is 9.26. The minimum atomic E-state index is 0.552. The van der Waals surface area contributed by atoms with E-state index in [1.165, 1.54) is 0 Å². The van der Waals surface area contributed by atoms with Crippen molar-refractivity contribution in [3.63, 3.8) is 0 Å². The van der Waals surface area contributed by atoms with E-state index in [2.05, 4.69) is 31.9 Å². The molecule has 2 aliphatic rings. The van der Waals surface area contributed by atoms with E-state index in [1.807, 2.05) is 18.2 Å². The monoisotopic (exact) mass is 316 g/mol. The van der Waals surface area contributed by atoms with E-state index in [-0.39, 0.29) is 0 Å². The van der Waals surface area contributed by atoms with Gasteiger partial charge < -0.3 is 9.80 Å². The summed E-state index contributed by atoms with van der Waals surface area (Å²) in [6.07, 6.45) is 3.38. The Morgan fingerprint density at radius 1 is 0.917 bits per heavy atom. The lowest BCUT2D eigenvalue weighted by atomic mass is 10.0. The van der Waals surface area contributed by atoms with Gasteiger partial charge in [0.05, 0.1) is 11.1 Å². The van der Waals surface area contributed by atoms with Crippen LogP contribution in [0.2, 0.25) is 0 Å². The molecule has 4 rings (SSSR count). The summed E-state index contributed by atoms with van der Waals surface area (Å²) < 4.78 is 0. The van der Waals surface area contributed by atoms with Crippen LogP contribution in [-0.2, 0) is 0 Å². The SMILES string of the molecule is N#Cc1ccc(N2CC3CN(c4ncccc4C#N)CC3C2)nc1. The molecule has 4 heterocycles. The summed E-state index contributed by atoms with van der Waals surface area (Å²) >= 11 is 0. The summed E-state index contributed by atoms with van der Waals surface area (Å²) in [6, 6.07) is 11.7. The molecule has 24 heavy (non-hydrogen) atoms. The predicted molar refractivity (Wildman–Crippen MR) is 89.3 cm³/mol. The minimum Gasteiger partial charge on any atom is -0.356 e. The average Bonchev–Trinajstić information content (AvgIpc) is 3.21. The molecule has 2 atom stereocenters. The summed E-state index contributed by atoms with van der Waals surface area (Å²) in [5.41, 5.74) is 1.23. The second-order valence-electron chi connectivity index (χ2n) is 6.33. The molecule has 2 aromatic heterocycles. The fourth-order valence-corrected chi connectivity index (χ4v) is 3.73. The third-order valence-electron chi connectivity index (χ3n) is 4.89. The number of hydrogen-bond donors (Lipinski definition) is 0. The Morgan fingerprint density at radius 2 is 1.67 bits per heavy atom. The van der Waals surface area contributed by atoms with E-state index in [1.54, 1.807) is 18.5 Å². The van der Waals surface area contributed by atoms with Crippen molar-refractivity contribution >= 4 is 11.6 Å². The van der Waals surface area contributed by atoms with Gasteiger partial charge in [-0.1, -0.05) is 0 Å². The number of fused-ring (bicyclic) bond motifs is 1. The van der Waals surface area contributed by atoms with Crippen molar-refractivity contribution in [3.8, 4) is 12.1 Å². The molecule has 0 aliphatic carbocycles. The molecule has 6 nitrogen and oxygen atoms in total. The Morgan fingerprint density at radius 3 is 2.29 bits per heavy atom. The topological polar surface area (TPSA) is 79.8 Å². The Kier molecular flexibility index (Phi) is 3.51. The largest absolute Gasteiger partial charge is 0.356 e. The van der Waals surface area contributed by atoms with Gasteiger partial charge in [-0.05, 0) is 24.3 Å². The molecule has 0 N–H and O–H groups in total. The molecular formula is C18H16N6. The summed E-state index contributed by atoms with van der Waals surface area (Å²) in [5.74, 6) is 2.84. The quantitative estimate of drug-likeness (QED) is 0.840. The van der Waals surface area contributed by atoms with Crippen molar-refractivity contribution in [1.82, 2.24) is 9.97 Å². The standard InChI is InChI=1S/C18H16N6/c19-6-13-3-4-17(22-8-13)23-9-15-11-24(12-16(15)10-23)18-14(7-20)2-1-5-21-18/h1-5,8,15-16H,9-12H2. The normalized spacial score (nSPS) is 22.1. The lowest BCUT2D eigenvalue weighted by Gasteiger charge is -2.23. The highest BCUT2D eigenvalue weighted by Gasteiger charge is 2.41. The van der Waals surface area contributed by atoms with Crippen LogP contribution in [-0.4, -0.2) is 36.1 Å². The van der Waals surface area contributed by atoms with Gasteiger partial charge in [0.1, 0.15) is 23.8 Å². The number of aromatic nitrogens is 2. The lowest BCUT2D eigenvalue weighted by molar-refractivity contribution is 0.533. The number of nitriles is 2. The van der Waals surface area contributed by atoms with Gasteiger partial charge in [0.25, 0.3) is 0 Å². The third-order valence-corrected chi connectivity index (χ3v) is 4.89. The highest BCUT2D eigenvalue weighted by molar-refractivity contribution is 5.55. The van der Waals surface area contributed by atoms with Crippen LogP contribution in [0.25, 0.3) is 0 Å². The summed E-state index contributed by atoms with van der Waals surface area (Å²) in [4.78, 5) is 13.3. The van der Waals surface area contributed by atoms with E-state index in [0.29, 0.717) is 23.0 Å². The van der Waals surface area contributed by atoms with Gasteiger partial charge in [0, 0.05) is 50.4 Å². The Balaban J connectivity index is 1.47. The first-order chi connectivity index (χ1) is 11.8. The van der Waals surface area contributed by atoms with Crippen molar-refractivity contribution in [2.24, 2.45) is 11.8 Å². The first-order valence-corrected chi connectivity index (χ1v) is 7.99. The highest BCUT2D eigenvalue weighted by Crippen LogP contribution is 2.35. The average molecular weight is 316 g/mol. The van der Waals surface area contributed by atoms with Crippen molar-refractivity contribution in [2.75, 3.05) is 36.0 Å². The molecule has 118 valence electrons. The maximum absolute atomic E-state index is 9.26. The first kappa shape index (κ1) is 14.5. The van der Waals surface area contributed by atoms with Gasteiger partial charge in [-0.15, -0.1) is 0 Å². The van der Waals surface area contributed by atoms with Gasteiger partial charge >= 0.3 is 0 Å². The van der Waals surface area contributed by atoms with E-state index in [4.69, 9.17) is 5.26 Å². The third kappa shape index (κ3) is 2.43. The van der Waals surface area contributed by atoms with Crippen LogP contribution in [0.1, 0.15) is 11.1 Å². The van der Waals surface area contributed by atoms with Gasteiger partial charge in [-0.2, -0.15) is 10.5 Å². The van der Waals surface area contributed by atoms with Crippen molar-refractivity contribution < 1.29 is 0 Å². The van der Waals surface area contributed by atoms with E-state index in [0.717, 1.165) is 37.8 Å². The summed E-state index contributed by atoms with van der Waals surface area (Å²) in [6.45, 7) is 3.75. The molecule has 2 fully saturated rings. The van der Waals surface area contributed by atoms with Crippen LogP contribution in [0.4, 0.5) is 11.6 Å². The zero-order valence-corrected chi connectivity index (χ0v) is 13.1. The van der Waals surface area contributed by atoms with E-state index < -0.39 is 0 Å². The molecule has 2 aromatic rings. The molecule has 2 saturated heterocycles. The Hall–Kier alpha value is -3.12. The highest BCUT2D eigenvalue weighted by atomic mass is 15.3. The molecule has 0 saturated carbocycles. The number of hydrogen-bond acceptors (Lipinski definition) is 6. The zero-order chi connectivity index (χ0) is 16.5. The maximum Gasteiger partial charge on any atom is 0.146 e. The molecule has 0 aromatic carbocycles. The Bertz CT molecular complexity index is 818. The molecule has 2 unspecified atom stereocenters. The number of nitrogens with zero attached hydrogens (tertiary/aromatic N) is 6. The van der Waals surface area contributed by atoms with Crippen molar-refractivity contribution in [3.05, 3.63) is 47.8 Å². The molecule has 0 amide bonds. The van der Waals surface area contributed by atoms with Gasteiger partial charge in [0.15, 0.2) is 0 Å². The predicted octanol–water partition coefficient (Wildman–Crippen LogP) is 1.79. The lowest BCUT2D eigenvalue weighted by Crippen LogP contribution is -2.30. The minimum absolute atomic E-state index is 0.552. The van der Waals surface area contributed by atoms with E-state index >= 15 is 0 Å². The van der Waals surface area contributed by atoms with Gasteiger partial charge in [0.2, 0.25) is 0 Å². The molecular weight excluding hydrogens is 300 g/mol. The molecule has 6 heteroatoms. The van der Waals surface area contributed by atoms with Crippen LogP contribution in [0.5, 0.6) is 0 Å². The van der Waals surface area contributed by atoms with Crippen molar-refractivity contribution in [1.29, 1.82) is 10.5 Å². The van der Waals surface area contributed by atoms with Crippen LogP contribution in [0, 0.1) is 34.5 Å². The zero-order valence-electron chi connectivity index (χ0n) is 13.1. The fraction of sp³-hybridized carbons (Fsp3) is 0.333. The second kappa shape index (κ2) is 5.82. The first-order valence-electron chi connectivity index (χ1n) is 7.99. The Labute approximate surface area is 140 Å². The van der Waals surface area contributed by atoms with Crippen LogP contribution in [0.3, 0.4) is 0 Å². The second-order valence-corrected chi connectivity index (χ2v) is 6.33. The fourth-order valence-electron chi connectivity index (χ4n) is 3.73. The molecule has 0 radical (unpaired) electrons. The number of anilines is 2.